The van der Waals surface area contributed by atoms with Gasteiger partial charge >= 0.3 is 0 Å². The van der Waals surface area contributed by atoms with E-state index in [2.05, 4.69) is 19.9 Å². The third-order valence-corrected chi connectivity index (χ3v) is 5.63. The molecule has 132 valence electrons. The third-order valence-electron chi connectivity index (χ3n) is 5.63. The van der Waals surface area contributed by atoms with E-state index in [1.54, 1.807) is 6.20 Å². The summed E-state index contributed by atoms with van der Waals surface area (Å²) < 4.78 is 1.94. The Kier molecular flexibility index (Phi) is 4.51. The van der Waals surface area contributed by atoms with Crippen molar-refractivity contribution < 1.29 is 4.79 Å². The fourth-order valence-corrected chi connectivity index (χ4v) is 3.75. The van der Waals surface area contributed by atoms with E-state index in [4.69, 9.17) is 0 Å². The van der Waals surface area contributed by atoms with Gasteiger partial charge in [0.2, 0.25) is 5.91 Å². The zero-order chi connectivity index (χ0) is 17.2. The summed E-state index contributed by atoms with van der Waals surface area (Å²) in [7, 11) is 1.95. The highest BCUT2D eigenvalue weighted by atomic mass is 16.2. The van der Waals surface area contributed by atoms with Gasteiger partial charge in [-0.2, -0.15) is 0 Å². The first-order valence-corrected chi connectivity index (χ1v) is 9.28. The second-order valence-electron chi connectivity index (χ2n) is 7.36. The number of amides is 1. The second kappa shape index (κ2) is 6.94. The molecule has 2 aliphatic rings. The average molecular weight is 339 g/mol. The van der Waals surface area contributed by atoms with Crippen molar-refractivity contribution in [2.24, 2.45) is 18.9 Å². The standard InChI is InChI=1S/C19H25N5O/c1-23-10-7-20-18(23)17-13-21-16(12-22-17)11-14-5-8-24(9-6-14)19(25)15-3-2-4-15/h7,10,12-15H,2-6,8-9,11H2,1H3. The first-order chi connectivity index (χ1) is 12.2. The summed E-state index contributed by atoms with van der Waals surface area (Å²) in [4.78, 5) is 27.8. The van der Waals surface area contributed by atoms with E-state index in [0.29, 0.717) is 17.7 Å². The molecule has 1 aliphatic carbocycles. The molecule has 0 N–H and O–H groups in total. The molecule has 0 radical (unpaired) electrons. The van der Waals surface area contributed by atoms with Crippen LogP contribution >= 0.6 is 0 Å². The SMILES string of the molecule is Cn1ccnc1-c1cnc(CC2CCN(C(=O)C3CCC3)CC2)cn1. The maximum Gasteiger partial charge on any atom is 0.225 e. The molecule has 1 amide bonds. The van der Waals surface area contributed by atoms with E-state index in [9.17, 15) is 4.79 Å². The van der Waals surface area contributed by atoms with Crippen molar-refractivity contribution in [3.63, 3.8) is 0 Å². The number of carbonyl (C=O) groups excluding carboxylic acids is 1. The van der Waals surface area contributed by atoms with Gasteiger partial charge in [0, 0.05) is 44.6 Å². The summed E-state index contributed by atoms with van der Waals surface area (Å²) in [5.74, 6) is 2.14. The van der Waals surface area contributed by atoms with Gasteiger partial charge in [0.15, 0.2) is 5.82 Å². The largest absolute Gasteiger partial charge is 0.342 e. The molecule has 0 aromatic carbocycles. The van der Waals surface area contributed by atoms with Crippen LogP contribution in [0.5, 0.6) is 0 Å². The third kappa shape index (κ3) is 3.43. The van der Waals surface area contributed by atoms with Crippen LogP contribution in [0.3, 0.4) is 0 Å². The lowest BCUT2D eigenvalue weighted by molar-refractivity contribution is -0.139. The lowest BCUT2D eigenvalue weighted by Gasteiger charge is -2.36. The van der Waals surface area contributed by atoms with Crippen LogP contribution in [0.2, 0.25) is 0 Å². The Hall–Kier alpha value is -2.24. The molecule has 2 aromatic rings. The predicted octanol–water partition coefficient (Wildman–Crippen LogP) is 2.46. The van der Waals surface area contributed by atoms with Crippen molar-refractivity contribution in [1.82, 2.24) is 24.4 Å². The zero-order valence-electron chi connectivity index (χ0n) is 14.8. The summed E-state index contributed by atoms with van der Waals surface area (Å²) in [5.41, 5.74) is 1.83. The minimum absolute atomic E-state index is 0.320. The lowest BCUT2D eigenvalue weighted by Crippen LogP contribution is -2.43. The minimum atomic E-state index is 0.320. The summed E-state index contributed by atoms with van der Waals surface area (Å²) >= 11 is 0. The number of nitrogens with zero attached hydrogens (tertiary/aromatic N) is 5. The van der Waals surface area contributed by atoms with Gasteiger partial charge in [0.1, 0.15) is 5.69 Å². The summed E-state index contributed by atoms with van der Waals surface area (Å²) in [6.45, 7) is 1.80. The summed E-state index contributed by atoms with van der Waals surface area (Å²) in [5, 5.41) is 0. The van der Waals surface area contributed by atoms with E-state index in [-0.39, 0.29) is 0 Å². The number of aryl methyl sites for hydroxylation is 1. The number of rotatable bonds is 4. The van der Waals surface area contributed by atoms with Crippen LogP contribution in [0.1, 0.15) is 37.8 Å². The van der Waals surface area contributed by atoms with Crippen molar-refractivity contribution in [1.29, 1.82) is 0 Å². The van der Waals surface area contributed by atoms with Gasteiger partial charge in [-0.15, -0.1) is 0 Å². The van der Waals surface area contributed by atoms with Crippen molar-refractivity contribution in [2.45, 2.75) is 38.5 Å². The number of hydrogen-bond acceptors (Lipinski definition) is 4. The first kappa shape index (κ1) is 16.2. The monoisotopic (exact) mass is 339 g/mol. The van der Waals surface area contributed by atoms with Crippen LogP contribution in [-0.2, 0) is 18.3 Å². The second-order valence-corrected chi connectivity index (χ2v) is 7.36. The van der Waals surface area contributed by atoms with Gasteiger partial charge in [0.25, 0.3) is 0 Å². The molecule has 6 nitrogen and oxygen atoms in total. The van der Waals surface area contributed by atoms with Crippen molar-refractivity contribution >= 4 is 5.91 Å². The van der Waals surface area contributed by atoms with Crippen LogP contribution in [0.4, 0.5) is 0 Å². The smallest absolute Gasteiger partial charge is 0.225 e. The Morgan fingerprint density at radius 1 is 1.12 bits per heavy atom. The molecule has 6 heteroatoms. The quantitative estimate of drug-likeness (QED) is 0.858. The Morgan fingerprint density at radius 3 is 2.48 bits per heavy atom. The molecule has 4 rings (SSSR count). The van der Waals surface area contributed by atoms with Gasteiger partial charge in [-0.25, -0.2) is 9.97 Å². The maximum absolute atomic E-state index is 12.3. The molecule has 0 atom stereocenters. The van der Waals surface area contributed by atoms with Crippen molar-refractivity contribution in [3.05, 3.63) is 30.5 Å². The van der Waals surface area contributed by atoms with Crippen LogP contribution < -0.4 is 0 Å². The van der Waals surface area contributed by atoms with Crippen LogP contribution in [0.25, 0.3) is 11.5 Å². The highest BCUT2D eigenvalue weighted by molar-refractivity contribution is 5.79. The van der Waals surface area contributed by atoms with E-state index in [1.807, 2.05) is 30.2 Å². The van der Waals surface area contributed by atoms with E-state index < -0.39 is 0 Å². The fraction of sp³-hybridized carbons (Fsp3) is 0.579. The van der Waals surface area contributed by atoms with Gasteiger partial charge in [-0.3, -0.25) is 9.78 Å². The van der Waals surface area contributed by atoms with E-state index in [0.717, 1.165) is 62.4 Å². The Bertz CT molecular complexity index is 727. The molecular weight excluding hydrogens is 314 g/mol. The topological polar surface area (TPSA) is 63.9 Å². The molecule has 0 spiro atoms. The Labute approximate surface area is 148 Å². The molecule has 25 heavy (non-hydrogen) atoms. The number of aromatic nitrogens is 4. The van der Waals surface area contributed by atoms with Crippen molar-refractivity contribution in [2.75, 3.05) is 13.1 Å². The number of carbonyl (C=O) groups is 1. The Balaban J connectivity index is 1.31. The summed E-state index contributed by atoms with van der Waals surface area (Å²) in [6.07, 6.45) is 13.9. The van der Waals surface area contributed by atoms with Gasteiger partial charge in [0.05, 0.1) is 11.9 Å². The summed E-state index contributed by atoms with van der Waals surface area (Å²) in [6, 6.07) is 0. The Morgan fingerprint density at radius 2 is 1.92 bits per heavy atom. The van der Waals surface area contributed by atoms with Crippen LogP contribution in [-0.4, -0.2) is 43.4 Å². The lowest BCUT2D eigenvalue weighted by atomic mass is 9.83. The molecule has 1 saturated carbocycles. The van der Waals surface area contributed by atoms with Crippen LogP contribution in [0.15, 0.2) is 24.8 Å². The fourth-order valence-electron chi connectivity index (χ4n) is 3.75. The molecule has 0 unspecified atom stereocenters. The zero-order valence-corrected chi connectivity index (χ0v) is 14.8. The number of piperidine rings is 1. The minimum Gasteiger partial charge on any atom is -0.342 e. The molecule has 1 aliphatic heterocycles. The maximum atomic E-state index is 12.3. The highest BCUT2D eigenvalue weighted by Gasteiger charge is 2.31. The number of likely N-dealkylation sites (tertiary alicyclic amines) is 1. The normalized spacial score (nSPS) is 19.0. The van der Waals surface area contributed by atoms with Crippen molar-refractivity contribution in [3.8, 4) is 11.5 Å². The highest BCUT2D eigenvalue weighted by Crippen LogP contribution is 2.30. The van der Waals surface area contributed by atoms with Gasteiger partial charge in [-0.05, 0) is 38.0 Å². The molecule has 2 fully saturated rings. The number of hydrogen-bond donors (Lipinski definition) is 0. The van der Waals surface area contributed by atoms with Crippen LogP contribution in [0, 0.1) is 11.8 Å². The van der Waals surface area contributed by atoms with Gasteiger partial charge in [-0.1, -0.05) is 6.42 Å². The van der Waals surface area contributed by atoms with Gasteiger partial charge < -0.3 is 9.47 Å². The molecular formula is C19H25N5O. The average Bonchev–Trinajstić information content (AvgIpc) is 3.01. The molecule has 3 heterocycles. The predicted molar refractivity (Wildman–Crippen MR) is 94.6 cm³/mol. The molecule has 1 saturated heterocycles. The van der Waals surface area contributed by atoms with E-state index in [1.165, 1.54) is 6.42 Å². The first-order valence-electron chi connectivity index (χ1n) is 9.28. The van der Waals surface area contributed by atoms with E-state index >= 15 is 0 Å². The molecule has 2 aromatic heterocycles. The molecule has 0 bridgehead atoms. The number of imidazole rings is 1.